The highest BCUT2D eigenvalue weighted by Crippen LogP contribution is 2.17. The number of aromatic nitrogens is 2. The zero-order valence-corrected chi connectivity index (χ0v) is 6.95. The zero-order chi connectivity index (χ0) is 9.42. The van der Waals surface area contributed by atoms with E-state index in [1.165, 1.54) is 10.7 Å². The number of aryl methyl sites for hydroxylation is 1. The van der Waals surface area contributed by atoms with Gasteiger partial charge in [-0.2, -0.15) is 10.4 Å². The van der Waals surface area contributed by atoms with Gasteiger partial charge >= 0.3 is 0 Å². The third-order valence-electron chi connectivity index (χ3n) is 1.81. The average molecular weight is 175 g/mol. The summed E-state index contributed by atoms with van der Waals surface area (Å²) in [5.41, 5.74) is 0.625. The van der Waals surface area contributed by atoms with E-state index in [0.717, 1.165) is 0 Å². The van der Waals surface area contributed by atoms with E-state index in [-0.39, 0.29) is 0 Å². The summed E-state index contributed by atoms with van der Waals surface area (Å²) in [6.45, 7) is 0. The third-order valence-corrected chi connectivity index (χ3v) is 1.81. The maximum Gasteiger partial charge on any atom is 0.152 e. The molecule has 2 aromatic rings. The molecule has 64 valence electrons. The SMILES string of the molecule is Cn1cc2cc(C#N)cc(F)c2n1. The van der Waals surface area contributed by atoms with Crippen molar-refractivity contribution in [3.63, 3.8) is 0 Å². The number of fused-ring (bicyclic) bond motifs is 1. The van der Waals surface area contributed by atoms with E-state index in [9.17, 15) is 4.39 Å². The molecule has 0 aliphatic heterocycles. The number of nitrogens with zero attached hydrogens (tertiary/aromatic N) is 3. The van der Waals surface area contributed by atoms with Gasteiger partial charge in [-0.25, -0.2) is 4.39 Å². The Morgan fingerprint density at radius 1 is 1.54 bits per heavy atom. The van der Waals surface area contributed by atoms with Crippen molar-refractivity contribution >= 4 is 10.9 Å². The lowest BCUT2D eigenvalue weighted by molar-refractivity contribution is 0.632. The molecule has 4 heteroatoms. The summed E-state index contributed by atoms with van der Waals surface area (Å²) in [6.07, 6.45) is 1.68. The molecule has 0 bridgehead atoms. The van der Waals surface area contributed by atoms with Gasteiger partial charge in [-0.15, -0.1) is 0 Å². The van der Waals surface area contributed by atoms with Gasteiger partial charge in [-0.1, -0.05) is 0 Å². The molecule has 0 spiro atoms. The molecule has 1 heterocycles. The highest BCUT2D eigenvalue weighted by Gasteiger charge is 2.06. The third kappa shape index (κ3) is 1.14. The van der Waals surface area contributed by atoms with Crippen LogP contribution in [0.15, 0.2) is 18.3 Å². The molecular weight excluding hydrogens is 169 g/mol. The van der Waals surface area contributed by atoms with Crippen LogP contribution >= 0.6 is 0 Å². The van der Waals surface area contributed by atoms with Crippen molar-refractivity contribution in [3.05, 3.63) is 29.7 Å². The van der Waals surface area contributed by atoms with Crippen LogP contribution in [0.4, 0.5) is 4.39 Å². The Morgan fingerprint density at radius 3 is 3.00 bits per heavy atom. The van der Waals surface area contributed by atoms with Crippen LogP contribution in [-0.2, 0) is 7.05 Å². The first kappa shape index (κ1) is 7.74. The fourth-order valence-electron chi connectivity index (χ4n) is 1.28. The van der Waals surface area contributed by atoms with Gasteiger partial charge in [-0.05, 0) is 12.1 Å². The fourth-order valence-corrected chi connectivity index (χ4v) is 1.28. The number of hydrogen-bond acceptors (Lipinski definition) is 2. The molecule has 3 nitrogen and oxygen atoms in total. The number of hydrogen-bond donors (Lipinski definition) is 0. The van der Waals surface area contributed by atoms with Gasteiger partial charge in [-0.3, -0.25) is 4.68 Å². The van der Waals surface area contributed by atoms with Crippen LogP contribution in [0.2, 0.25) is 0 Å². The normalized spacial score (nSPS) is 10.2. The van der Waals surface area contributed by atoms with Gasteiger partial charge in [0, 0.05) is 18.6 Å². The fraction of sp³-hybridized carbons (Fsp3) is 0.111. The van der Waals surface area contributed by atoms with Crippen LogP contribution in [0.1, 0.15) is 5.56 Å². The maximum atomic E-state index is 13.2. The Morgan fingerprint density at radius 2 is 2.31 bits per heavy atom. The van der Waals surface area contributed by atoms with E-state index in [2.05, 4.69) is 5.10 Å². The predicted molar refractivity (Wildman–Crippen MR) is 45.4 cm³/mol. The molecule has 1 aromatic heterocycles. The molecule has 0 unspecified atom stereocenters. The van der Waals surface area contributed by atoms with E-state index in [0.29, 0.717) is 16.5 Å². The van der Waals surface area contributed by atoms with Crippen LogP contribution in [0, 0.1) is 17.1 Å². The molecule has 0 fully saturated rings. The molecular formula is C9H6FN3. The Labute approximate surface area is 74.0 Å². The van der Waals surface area contributed by atoms with Crippen molar-refractivity contribution in [2.45, 2.75) is 0 Å². The summed E-state index contributed by atoms with van der Waals surface area (Å²) in [6, 6.07) is 4.70. The lowest BCUT2D eigenvalue weighted by atomic mass is 10.2. The Bertz CT molecular complexity index is 507. The van der Waals surface area contributed by atoms with Gasteiger partial charge < -0.3 is 0 Å². The van der Waals surface area contributed by atoms with Gasteiger partial charge in [0.25, 0.3) is 0 Å². The Balaban J connectivity index is 2.85. The van der Waals surface area contributed by atoms with E-state index in [1.54, 1.807) is 19.3 Å². The van der Waals surface area contributed by atoms with E-state index in [1.807, 2.05) is 6.07 Å². The summed E-state index contributed by atoms with van der Waals surface area (Å²) in [5, 5.41) is 13.2. The van der Waals surface area contributed by atoms with Gasteiger partial charge in [0.05, 0.1) is 11.6 Å². The average Bonchev–Trinajstić information content (AvgIpc) is 2.46. The second kappa shape index (κ2) is 2.56. The largest absolute Gasteiger partial charge is 0.274 e. The Hall–Kier alpha value is -1.89. The molecule has 1 aromatic carbocycles. The van der Waals surface area contributed by atoms with Crippen LogP contribution in [0.25, 0.3) is 10.9 Å². The van der Waals surface area contributed by atoms with Gasteiger partial charge in [0.1, 0.15) is 5.52 Å². The summed E-state index contributed by atoms with van der Waals surface area (Å²) >= 11 is 0. The number of halogens is 1. The van der Waals surface area contributed by atoms with Crippen LogP contribution < -0.4 is 0 Å². The molecule has 2 rings (SSSR count). The summed E-state index contributed by atoms with van der Waals surface area (Å²) in [4.78, 5) is 0. The van der Waals surface area contributed by atoms with Gasteiger partial charge in [0.15, 0.2) is 5.82 Å². The zero-order valence-electron chi connectivity index (χ0n) is 6.95. The minimum absolute atomic E-state index is 0.307. The monoisotopic (exact) mass is 175 g/mol. The first-order valence-corrected chi connectivity index (χ1v) is 3.73. The molecule has 0 radical (unpaired) electrons. The lowest BCUT2D eigenvalue weighted by Crippen LogP contribution is -1.86. The number of benzene rings is 1. The number of nitriles is 1. The van der Waals surface area contributed by atoms with Crippen LogP contribution in [0.3, 0.4) is 0 Å². The standard InChI is InChI=1S/C9H6FN3/c1-13-5-7-2-6(4-11)3-8(10)9(7)12-13/h2-3,5H,1H3. The topological polar surface area (TPSA) is 41.6 Å². The molecule has 0 amide bonds. The lowest BCUT2D eigenvalue weighted by Gasteiger charge is -1.90. The predicted octanol–water partition coefficient (Wildman–Crippen LogP) is 1.58. The molecule has 0 aliphatic carbocycles. The summed E-state index contributed by atoms with van der Waals surface area (Å²) in [5.74, 6) is -0.449. The van der Waals surface area contributed by atoms with E-state index < -0.39 is 5.82 Å². The molecule has 0 atom stereocenters. The van der Waals surface area contributed by atoms with Crippen molar-refractivity contribution in [1.82, 2.24) is 9.78 Å². The van der Waals surface area contributed by atoms with E-state index >= 15 is 0 Å². The molecule has 0 saturated carbocycles. The molecule has 0 N–H and O–H groups in total. The summed E-state index contributed by atoms with van der Waals surface area (Å²) < 4.78 is 14.7. The first-order chi connectivity index (χ1) is 6.20. The molecule has 0 saturated heterocycles. The second-order valence-corrected chi connectivity index (χ2v) is 2.81. The first-order valence-electron chi connectivity index (χ1n) is 3.73. The van der Waals surface area contributed by atoms with Crippen molar-refractivity contribution in [2.75, 3.05) is 0 Å². The van der Waals surface area contributed by atoms with Gasteiger partial charge in [0.2, 0.25) is 0 Å². The van der Waals surface area contributed by atoms with Crippen molar-refractivity contribution in [2.24, 2.45) is 7.05 Å². The molecule has 13 heavy (non-hydrogen) atoms. The van der Waals surface area contributed by atoms with E-state index in [4.69, 9.17) is 5.26 Å². The quantitative estimate of drug-likeness (QED) is 0.610. The minimum atomic E-state index is -0.449. The molecule has 0 aliphatic rings. The van der Waals surface area contributed by atoms with Crippen molar-refractivity contribution < 1.29 is 4.39 Å². The van der Waals surface area contributed by atoms with Crippen molar-refractivity contribution in [1.29, 1.82) is 5.26 Å². The Kier molecular flexibility index (Phi) is 1.52. The second-order valence-electron chi connectivity index (χ2n) is 2.81. The highest BCUT2D eigenvalue weighted by atomic mass is 19.1. The highest BCUT2D eigenvalue weighted by molar-refractivity contribution is 5.80. The van der Waals surface area contributed by atoms with Crippen LogP contribution in [0.5, 0.6) is 0 Å². The van der Waals surface area contributed by atoms with Crippen molar-refractivity contribution in [3.8, 4) is 6.07 Å². The maximum absolute atomic E-state index is 13.2. The summed E-state index contributed by atoms with van der Waals surface area (Å²) in [7, 11) is 1.71. The minimum Gasteiger partial charge on any atom is -0.274 e. The van der Waals surface area contributed by atoms with Crippen LogP contribution in [-0.4, -0.2) is 9.78 Å². The smallest absolute Gasteiger partial charge is 0.152 e. The number of rotatable bonds is 0.